The van der Waals surface area contributed by atoms with Crippen molar-refractivity contribution in [1.82, 2.24) is 4.90 Å². The lowest BCUT2D eigenvalue weighted by Gasteiger charge is -2.39. The van der Waals surface area contributed by atoms with Gasteiger partial charge in [-0.2, -0.15) is 0 Å². The standard InChI is InChI=1S/C16H27NO3/c1-15(2)7-6-10-17(15)13(18)11-16(12-14(19)20)8-4-3-5-9-16/h3-12H2,1-2H3,(H,19,20). The lowest BCUT2D eigenvalue weighted by Crippen LogP contribution is -2.45. The third kappa shape index (κ3) is 3.33. The Morgan fingerprint density at radius 1 is 1.00 bits per heavy atom. The van der Waals surface area contributed by atoms with Crippen LogP contribution in [0.3, 0.4) is 0 Å². The van der Waals surface area contributed by atoms with Gasteiger partial charge in [-0.3, -0.25) is 9.59 Å². The molecule has 1 N–H and O–H groups in total. The summed E-state index contributed by atoms with van der Waals surface area (Å²) in [7, 11) is 0. The van der Waals surface area contributed by atoms with Crippen LogP contribution in [-0.4, -0.2) is 34.0 Å². The summed E-state index contributed by atoms with van der Waals surface area (Å²) < 4.78 is 0. The molecular weight excluding hydrogens is 254 g/mol. The molecule has 0 aromatic heterocycles. The molecule has 4 heteroatoms. The van der Waals surface area contributed by atoms with E-state index in [9.17, 15) is 14.7 Å². The summed E-state index contributed by atoms with van der Waals surface area (Å²) in [5.74, 6) is -0.601. The van der Waals surface area contributed by atoms with Gasteiger partial charge in [0.05, 0.1) is 6.42 Å². The highest BCUT2D eigenvalue weighted by molar-refractivity contribution is 5.79. The van der Waals surface area contributed by atoms with Crippen molar-refractivity contribution in [1.29, 1.82) is 0 Å². The number of hydrogen-bond acceptors (Lipinski definition) is 2. The molecule has 1 aliphatic heterocycles. The summed E-state index contributed by atoms with van der Waals surface area (Å²) in [5, 5.41) is 9.19. The summed E-state index contributed by atoms with van der Waals surface area (Å²) in [4.78, 5) is 25.8. The molecule has 1 amide bonds. The van der Waals surface area contributed by atoms with Crippen LogP contribution in [0.25, 0.3) is 0 Å². The number of carboxylic acid groups (broad SMARTS) is 1. The van der Waals surface area contributed by atoms with Crippen LogP contribution in [0.4, 0.5) is 0 Å². The molecule has 1 aliphatic carbocycles. The Hall–Kier alpha value is -1.06. The topological polar surface area (TPSA) is 57.6 Å². The van der Waals surface area contributed by atoms with Crippen molar-refractivity contribution in [2.24, 2.45) is 5.41 Å². The van der Waals surface area contributed by atoms with Crippen molar-refractivity contribution in [2.45, 2.75) is 77.2 Å². The average molecular weight is 281 g/mol. The van der Waals surface area contributed by atoms with Crippen molar-refractivity contribution in [3.63, 3.8) is 0 Å². The zero-order chi connectivity index (χ0) is 14.8. The number of aliphatic carboxylic acids is 1. The molecule has 2 aliphatic rings. The van der Waals surface area contributed by atoms with E-state index in [1.54, 1.807) is 0 Å². The third-order valence-electron chi connectivity index (χ3n) is 5.17. The van der Waals surface area contributed by atoms with Gasteiger partial charge < -0.3 is 10.0 Å². The minimum absolute atomic E-state index is 0.0594. The molecule has 1 heterocycles. The SMILES string of the molecule is CC1(C)CCCN1C(=O)CC1(CC(=O)O)CCCCC1. The Kier molecular flexibility index (Phi) is 4.40. The maximum absolute atomic E-state index is 12.6. The Bertz CT molecular complexity index is 383. The van der Waals surface area contributed by atoms with E-state index in [0.29, 0.717) is 6.42 Å². The van der Waals surface area contributed by atoms with E-state index in [0.717, 1.165) is 45.1 Å². The summed E-state index contributed by atoms with van der Waals surface area (Å²) in [5.41, 5.74) is -0.351. The molecule has 2 rings (SSSR count). The zero-order valence-electron chi connectivity index (χ0n) is 12.8. The highest BCUT2D eigenvalue weighted by Crippen LogP contribution is 2.43. The molecule has 114 valence electrons. The van der Waals surface area contributed by atoms with Gasteiger partial charge in [-0.1, -0.05) is 19.3 Å². The third-order valence-corrected chi connectivity index (χ3v) is 5.17. The first-order valence-corrected chi connectivity index (χ1v) is 7.87. The van der Waals surface area contributed by atoms with E-state index in [2.05, 4.69) is 13.8 Å². The van der Waals surface area contributed by atoms with Crippen molar-refractivity contribution >= 4 is 11.9 Å². The van der Waals surface area contributed by atoms with Crippen LogP contribution in [0.1, 0.15) is 71.6 Å². The van der Waals surface area contributed by atoms with E-state index in [1.807, 2.05) is 4.90 Å². The van der Waals surface area contributed by atoms with Gasteiger partial charge in [-0.15, -0.1) is 0 Å². The first kappa shape index (κ1) is 15.3. The van der Waals surface area contributed by atoms with Crippen LogP contribution in [-0.2, 0) is 9.59 Å². The number of carboxylic acids is 1. The molecule has 2 fully saturated rings. The van der Waals surface area contributed by atoms with Gasteiger partial charge in [-0.25, -0.2) is 0 Å². The predicted octanol–water partition coefficient (Wildman–Crippen LogP) is 3.20. The summed E-state index contributed by atoms with van der Waals surface area (Å²) in [6.07, 6.45) is 7.74. The van der Waals surface area contributed by atoms with E-state index >= 15 is 0 Å². The molecule has 0 bridgehead atoms. The highest BCUT2D eigenvalue weighted by atomic mass is 16.4. The first-order valence-electron chi connectivity index (χ1n) is 7.87. The number of nitrogens with zero attached hydrogens (tertiary/aromatic N) is 1. The normalized spacial score (nSPS) is 24.6. The van der Waals surface area contributed by atoms with Gasteiger partial charge in [0.15, 0.2) is 0 Å². The summed E-state index contributed by atoms with van der Waals surface area (Å²) in [6, 6.07) is 0. The fourth-order valence-electron chi connectivity index (χ4n) is 4.02. The zero-order valence-corrected chi connectivity index (χ0v) is 12.8. The number of rotatable bonds is 4. The monoisotopic (exact) mass is 281 g/mol. The van der Waals surface area contributed by atoms with Gasteiger partial charge >= 0.3 is 5.97 Å². The molecule has 4 nitrogen and oxygen atoms in total. The number of carbonyl (C=O) groups is 2. The van der Waals surface area contributed by atoms with Gasteiger partial charge in [0.2, 0.25) is 5.91 Å². The first-order chi connectivity index (χ1) is 9.35. The molecule has 20 heavy (non-hydrogen) atoms. The Morgan fingerprint density at radius 3 is 2.15 bits per heavy atom. The highest BCUT2D eigenvalue weighted by Gasteiger charge is 2.41. The van der Waals surface area contributed by atoms with Crippen molar-refractivity contribution < 1.29 is 14.7 Å². The molecule has 0 spiro atoms. The molecule has 1 saturated carbocycles. The molecule has 0 atom stereocenters. The minimum Gasteiger partial charge on any atom is -0.481 e. The number of hydrogen-bond donors (Lipinski definition) is 1. The van der Waals surface area contributed by atoms with Gasteiger partial charge in [0.1, 0.15) is 0 Å². The second-order valence-corrected chi connectivity index (χ2v) is 7.27. The van der Waals surface area contributed by atoms with Crippen molar-refractivity contribution in [3.05, 3.63) is 0 Å². The molecule has 0 radical (unpaired) electrons. The Morgan fingerprint density at radius 2 is 1.65 bits per heavy atom. The second kappa shape index (κ2) is 5.74. The number of amides is 1. The van der Waals surface area contributed by atoms with E-state index < -0.39 is 5.97 Å². The maximum Gasteiger partial charge on any atom is 0.303 e. The van der Waals surface area contributed by atoms with Crippen LogP contribution >= 0.6 is 0 Å². The predicted molar refractivity (Wildman–Crippen MR) is 77.4 cm³/mol. The van der Waals surface area contributed by atoms with Gasteiger partial charge in [-0.05, 0) is 44.9 Å². The second-order valence-electron chi connectivity index (χ2n) is 7.27. The number of carbonyl (C=O) groups excluding carboxylic acids is 1. The fraction of sp³-hybridized carbons (Fsp3) is 0.875. The average Bonchev–Trinajstić information content (AvgIpc) is 2.68. The smallest absolute Gasteiger partial charge is 0.303 e. The molecular formula is C16H27NO3. The Balaban J connectivity index is 2.07. The van der Waals surface area contributed by atoms with E-state index in [1.165, 1.54) is 6.42 Å². The van der Waals surface area contributed by atoms with Crippen LogP contribution in [0, 0.1) is 5.41 Å². The van der Waals surface area contributed by atoms with E-state index in [4.69, 9.17) is 0 Å². The Labute approximate surface area is 121 Å². The van der Waals surface area contributed by atoms with Crippen LogP contribution < -0.4 is 0 Å². The number of likely N-dealkylation sites (tertiary alicyclic amines) is 1. The van der Waals surface area contributed by atoms with Crippen LogP contribution in [0.2, 0.25) is 0 Å². The van der Waals surface area contributed by atoms with Crippen molar-refractivity contribution in [3.8, 4) is 0 Å². The molecule has 0 unspecified atom stereocenters. The van der Waals surface area contributed by atoms with Gasteiger partial charge in [0, 0.05) is 18.5 Å². The van der Waals surface area contributed by atoms with Crippen molar-refractivity contribution in [2.75, 3.05) is 6.54 Å². The van der Waals surface area contributed by atoms with E-state index in [-0.39, 0.29) is 23.3 Å². The molecule has 0 aromatic rings. The molecule has 0 aromatic carbocycles. The lowest BCUT2D eigenvalue weighted by atomic mass is 9.69. The minimum atomic E-state index is -0.764. The quantitative estimate of drug-likeness (QED) is 0.861. The lowest BCUT2D eigenvalue weighted by molar-refractivity contribution is -0.143. The summed E-state index contributed by atoms with van der Waals surface area (Å²) in [6.45, 7) is 5.06. The largest absolute Gasteiger partial charge is 0.481 e. The molecule has 1 saturated heterocycles. The van der Waals surface area contributed by atoms with Crippen LogP contribution in [0.5, 0.6) is 0 Å². The summed E-state index contributed by atoms with van der Waals surface area (Å²) >= 11 is 0. The van der Waals surface area contributed by atoms with Crippen LogP contribution in [0.15, 0.2) is 0 Å². The fourth-order valence-corrected chi connectivity index (χ4v) is 4.02. The maximum atomic E-state index is 12.6. The van der Waals surface area contributed by atoms with Gasteiger partial charge in [0.25, 0.3) is 0 Å².